The molecule has 0 radical (unpaired) electrons. The number of benzene rings is 3. The lowest BCUT2D eigenvalue weighted by Gasteiger charge is -2.30. The Balaban J connectivity index is 1.79. The van der Waals surface area contributed by atoms with Crippen molar-refractivity contribution in [3.8, 4) is 0 Å². The number of hydrogen-bond acceptors (Lipinski definition) is 2. The third-order valence-electron chi connectivity index (χ3n) is 4.89. The van der Waals surface area contributed by atoms with Crippen molar-refractivity contribution < 1.29 is 14.0 Å². The summed E-state index contributed by atoms with van der Waals surface area (Å²) in [5.41, 5.74) is 2.98. The third-order valence-corrected chi connectivity index (χ3v) is 5.39. The lowest BCUT2D eigenvalue weighted by molar-refractivity contribution is -0.131. The van der Waals surface area contributed by atoms with Crippen LogP contribution in [-0.4, -0.2) is 23.3 Å². The van der Waals surface area contributed by atoms with E-state index in [4.69, 9.17) is 0 Å². The van der Waals surface area contributed by atoms with Crippen molar-refractivity contribution in [3.63, 3.8) is 0 Å². The van der Waals surface area contributed by atoms with Crippen molar-refractivity contribution in [1.29, 1.82) is 0 Å². The number of nitrogens with zero attached hydrogens (tertiary/aromatic N) is 1. The molecule has 3 aromatic rings. The Labute approximate surface area is 182 Å². The standard InChI is InChI=1S/C24H18BrFN2O2/c25-18-9-12-21-20(14-18)24(17-7-10-19(26)11-8-17)28(15-22(29)27-21)23(30)13-6-16-4-2-1-3-5-16/h1-14,24H,15H2,(H,27,29)/b13-6+/t24-/m0/s1. The van der Waals surface area contributed by atoms with Crippen LogP contribution in [0.5, 0.6) is 0 Å². The summed E-state index contributed by atoms with van der Waals surface area (Å²) in [6.45, 7) is -0.119. The number of carbonyl (C=O) groups is 2. The van der Waals surface area contributed by atoms with E-state index in [1.54, 1.807) is 24.3 Å². The molecule has 0 unspecified atom stereocenters. The molecule has 1 N–H and O–H groups in total. The second-order valence-corrected chi connectivity index (χ2v) is 7.86. The van der Waals surface area contributed by atoms with E-state index >= 15 is 0 Å². The van der Waals surface area contributed by atoms with Crippen LogP contribution in [0.4, 0.5) is 10.1 Å². The van der Waals surface area contributed by atoms with Gasteiger partial charge in [-0.05, 0) is 47.5 Å². The second kappa shape index (κ2) is 8.63. The minimum absolute atomic E-state index is 0.119. The van der Waals surface area contributed by atoms with Crippen LogP contribution in [0.25, 0.3) is 6.08 Å². The van der Waals surface area contributed by atoms with E-state index < -0.39 is 6.04 Å². The maximum atomic E-state index is 13.6. The summed E-state index contributed by atoms with van der Waals surface area (Å²) in [5.74, 6) is -0.960. The molecule has 1 aliphatic rings. The maximum absolute atomic E-state index is 13.6. The average Bonchev–Trinajstić information content (AvgIpc) is 2.89. The molecule has 6 heteroatoms. The maximum Gasteiger partial charge on any atom is 0.247 e. The molecule has 2 amide bonds. The number of halogens is 2. The summed E-state index contributed by atoms with van der Waals surface area (Å²) in [4.78, 5) is 27.2. The third kappa shape index (κ3) is 4.33. The number of nitrogens with one attached hydrogen (secondary N) is 1. The molecule has 0 bridgehead atoms. The second-order valence-electron chi connectivity index (χ2n) is 6.94. The Morgan fingerprint density at radius 1 is 1.07 bits per heavy atom. The van der Waals surface area contributed by atoms with E-state index in [-0.39, 0.29) is 24.2 Å². The predicted octanol–water partition coefficient (Wildman–Crippen LogP) is 5.17. The summed E-state index contributed by atoms with van der Waals surface area (Å²) in [6.07, 6.45) is 3.18. The largest absolute Gasteiger partial charge is 0.324 e. The van der Waals surface area contributed by atoms with Crippen LogP contribution in [0.3, 0.4) is 0 Å². The molecule has 4 rings (SSSR count). The first-order valence-electron chi connectivity index (χ1n) is 9.40. The number of fused-ring (bicyclic) bond motifs is 1. The van der Waals surface area contributed by atoms with Gasteiger partial charge in [-0.25, -0.2) is 4.39 Å². The van der Waals surface area contributed by atoms with Gasteiger partial charge in [0.15, 0.2) is 0 Å². The van der Waals surface area contributed by atoms with Gasteiger partial charge in [-0.2, -0.15) is 0 Å². The van der Waals surface area contributed by atoms with Crippen molar-refractivity contribution in [2.45, 2.75) is 6.04 Å². The highest BCUT2D eigenvalue weighted by molar-refractivity contribution is 9.10. The van der Waals surface area contributed by atoms with E-state index in [2.05, 4.69) is 21.2 Å². The zero-order valence-electron chi connectivity index (χ0n) is 15.9. The molecular weight excluding hydrogens is 447 g/mol. The zero-order chi connectivity index (χ0) is 21.1. The van der Waals surface area contributed by atoms with Crippen molar-refractivity contribution >= 4 is 39.5 Å². The minimum Gasteiger partial charge on any atom is -0.324 e. The summed E-state index contributed by atoms with van der Waals surface area (Å²) in [7, 11) is 0. The van der Waals surface area contributed by atoms with Crippen LogP contribution in [0.15, 0.2) is 83.3 Å². The van der Waals surface area contributed by atoms with E-state index in [1.165, 1.54) is 23.1 Å². The van der Waals surface area contributed by atoms with Gasteiger partial charge in [0.25, 0.3) is 0 Å². The molecular formula is C24H18BrFN2O2. The highest BCUT2D eigenvalue weighted by atomic mass is 79.9. The molecule has 150 valence electrons. The van der Waals surface area contributed by atoms with E-state index in [9.17, 15) is 14.0 Å². The summed E-state index contributed by atoms with van der Waals surface area (Å²) >= 11 is 3.47. The van der Waals surface area contributed by atoms with Crippen LogP contribution in [-0.2, 0) is 9.59 Å². The normalized spacial score (nSPS) is 16.1. The van der Waals surface area contributed by atoms with Crippen molar-refractivity contribution in [2.24, 2.45) is 0 Å². The topological polar surface area (TPSA) is 49.4 Å². The van der Waals surface area contributed by atoms with Gasteiger partial charge in [-0.15, -0.1) is 0 Å². The van der Waals surface area contributed by atoms with Gasteiger partial charge in [0.1, 0.15) is 12.4 Å². The van der Waals surface area contributed by atoms with Crippen molar-refractivity contribution in [3.05, 3.63) is 106 Å². The predicted molar refractivity (Wildman–Crippen MR) is 118 cm³/mol. The van der Waals surface area contributed by atoms with Gasteiger partial charge in [0, 0.05) is 21.8 Å². The van der Waals surface area contributed by atoms with Crippen LogP contribution in [0.2, 0.25) is 0 Å². The summed E-state index contributed by atoms with van der Waals surface area (Å²) in [6, 6.07) is 20.4. The van der Waals surface area contributed by atoms with Crippen LogP contribution in [0, 0.1) is 5.82 Å². The van der Waals surface area contributed by atoms with E-state index in [0.717, 1.165) is 15.6 Å². The molecule has 1 aliphatic heterocycles. The molecule has 4 nitrogen and oxygen atoms in total. The van der Waals surface area contributed by atoms with Gasteiger partial charge in [-0.1, -0.05) is 58.4 Å². The summed E-state index contributed by atoms with van der Waals surface area (Å²) < 4.78 is 14.4. The molecule has 3 aromatic carbocycles. The first kappa shape index (κ1) is 20.0. The minimum atomic E-state index is -0.551. The smallest absolute Gasteiger partial charge is 0.247 e. The SMILES string of the molecule is O=C1CN(C(=O)/C=C/c2ccccc2)[C@@H](c2ccc(F)cc2)c2cc(Br)ccc2N1. The van der Waals surface area contributed by atoms with Gasteiger partial charge < -0.3 is 10.2 Å². The van der Waals surface area contributed by atoms with Crippen LogP contribution in [0.1, 0.15) is 22.7 Å². The Hall–Kier alpha value is -3.25. The number of amides is 2. The van der Waals surface area contributed by atoms with Crippen molar-refractivity contribution in [1.82, 2.24) is 4.90 Å². The van der Waals surface area contributed by atoms with E-state index in [0.29, 0.717) is 11.3 Å². The number of carbonyl (C=O) groups excluding carboxylic acids is 2. The lowest BCUT2D eigenvalue weighted by Crippen LogP contribution is -2.38. The molecule has 0 aliphatic carbocycles. The van der Waals surface area contributed by atoms with E-state index in [1.807, 2.05) is 42.5 Å². The quantitative estimate of drug-likeness (QED) is 0.543. The fraction of sp³-hybridized carbons (Fsp3) is 0.0833. The molecule has 0 saturated heterocycles. The number of rotatable bonds is 3. The Bertz CT molecular complexity index is 1110. The number of anilines is 1. The van der Waals surface area contributed by atoms with Gasteiger partial charge >= 0.3 is 0 Å². The molecule has 1 heterocycles. The van der Waals surface area contributed by atoms with Gasteiger partial charge in [-0.3, -0.25) is 9.59 Å². The van der Waals surface area contributed by atoms with Crippen LogP contribution >= 0.6 is 15.9 Å². The first-order valence-corrected chi connectivity index (χ1v) is 10.2. The molecule has 0 aromatic heterocycles. The van der Waals surface area contributed by atoms with Gasteiger partial charge in [0.05, 0.1) is 6.04 Å². The summed E-state index contributed by atoms with van der Waals surface area (Å²) in [5, 5.41) is 2.87. The Morgan fingerprint density at radius 3 is 2.53 bits per heavy atom. The highest BCUT2D eigenvalue weighted by Crippen LogP contribution is 2.37. The van der Waals surface area contributed by atoms with Crippen molar-refractivity contribution in [2.75, 3.05) is 11.9 Å². The molecule has 30 heavy (non-hydrogen) atoms. The van der Waals surface area contributed by atoms with Gasteiger partial charge in [0.2, 0.25) is 11.8 Å². The zero-order valence-corrected chi connectivity index (χ0v) is 17.5. The first-order chi connectivity index (χ1) is 14.5. The molecule has 0 saturated carbocycles. The Morgan fingerprint density at radius 2 is 1.80 bits per heavy atom. The fourth-order valence-corrected chi connectivity index (χ4v) is 3.89. The lowest BCUT2D eigenvalue weighted by atomic mass is 9.95. The molecule has 0 fully saturated rings. The Kier molecular flexibility index (Phi) is 5.77. The highest BCUT2D eigenvalue weighted by Gasteiger charge is 2.32. The molecule has 1 atom stereocenters. The molecule has 0 spiro atoms. The van der Waals surface area contributed by atoms with Crippen LogP contribution < -0.4 is 5.32 Å². The number of hydrogen-bond donors (Lipinski definition) is 1. The monoisotopic (exact) mass is 464 g/mol. The average molecular weight is 465 g/mol. The fourth-order valence-electron chi connectivity index (χ4n) is 3.51.